The second kappa shape index (κ2) is 7.25. The van der Waals surface area contributed by atoms with Gasteiger partial charge in [0.15, 0.2) is 0 Å². The molecule has 0 spiro atoms. The molecular formula is C19H18FN3O2. The van der Waals surface area contributed by atoms with Gasteiger partial charge in [0.2, 0.25) is 5.91 Å². The van der Waals surface area contributed by atoms with Crippen LogP contribution in [0.15, 0.2) is 59.7 Å². The van der Waals surface area contributed by atoms with E-state index in [1.54, 1.807) is 37.4 Å². The number of nitrogens with zero attached hydrogens (tertiary/aromatic N) is 3. The second-order valence-electron chi connectivity index (χ2n) is 5.89. The monoisotopic (exact) mass is 339 g/mol. The minimum absolute atomic E-state index is 0.121. The number of aromatic nitrogens is 2. The minimum atomic E-state index is -0.327. The van der Waals surface area contributed by atoms with Gasteiger partial charge >= 0.3 is 0 Å². The van der Waals surface area contributed by atoms with Gasteiger partial charge in [0, 0.05) is 26.6 Å². The maximum absolute atomic E-state index is 13.2. The number of carbonyl (C=O) groups excluding carboxylic acids is 1. The molecule has 0 N–H and O–H groups in total. The molecule has 6 heteroatoms. The molecule has 0 saturated heterocycles. The molecule has 0 aliphatic carbocycles. The normalized spacial score (nSPS) is 10.8. The highest BCUT2D eigenvalue weighted by atomic mass is 19.1. The topological polar surface area (TPSA) is 55.2 Å². The number of halogens is 1. The molecule has 1 heterocycles. The zero-order valence-corrected chi connectivity index (χ0v) is 13.9. The predicted octanol–water partition coefficient (Wildman–Crippen LogP) is 2.58. The van der Waals surface area contributed by atoms with E-state index < -0.39 is 0 Å². The maximum atomic E-state index is 13.2. The summed E-state index contributed by atoms with van der Waals surface area (Å²) in [6.45, 7) is 0.574. The first-order valence-electron chi connectivity index (χ1n) is 7.97. The molecule has 0 aliphatic rings. The molecule has 1 amide bonds. The van der Waals surface area contributed by atoms with E-state index in [0.717, 1.165) is 5.56 Å². The summed E-state index contributed by atoms with van der Waals surface area (Å²) in [5.74, 6) is -0.448. The smallest absolute Gasteiger partial charge is 0.261 e. The van der Waals surface area contributed by atoms with Crippen LogP contribution in [0.2, 0.25) is 0 Å². The molecule has 1 aromatic heterocycles. The molecular weight excluding hydrogens is 321 g/mol. The van der Waals surface area contributed by atoms with Crippen LogP contribution in [0.4, 0.5) is 4.39 Å². The lowest BCUT2D eigenvalue weighted by Crippen LogP contribution is -2.29. The number of rotatable bonds is 5. The molecule has 0 unspecified atom stereocenters. The Morgan fingerprint density at radius 1 is 1.20 bits per heavy atom. The molecule has 5 nitrogen and oxygen atoms in total. The maximum Gasteiger partial charge on any atom is 0.261 e. The van der Waals surface area contributed by atoms with Gasteiger partial charge in [-0.3, -0.25) is 14.2 Å². The Kier molecular flexibility index (Phi) is 4.88. The number of benzene rings is 2. The SMILES string of the molecule is CN(Cc1cccc(F)c1)C(=O)CCn1cnc2ccccc2c1=O. The number of para-hydroxylation sites is 1. The third-order valence-electron chi connectivity index (χ3n) is 4.03. The van der Waals surface area contributed by atoms with Crippen molar-refractivity contribution in [3.8, 4) is 0 Å². The number of fused-ring (bicyclic) bond motifs is 1. The first-order chi connectivity index (χ1) is 12.0. The van der Waals surface area contributed by atoms with E-state index in [2.05, 4.69) is 4.98 Å². The molecule has 0 aliphatic heterocycles. The van der Waals surface area contributed by atoms with Gasteiger partial charge in [0.05, 0.1) is 17.2 Å². The Hall–Kier alpha value is -3.02. The zero-order valence-electron chi connectivity index (χ0n) is 13.9. The summed E-state index contributed by atoms with van der Waals surface area (Å²) in [5, 5.41) is 0.533. The van der Waals surface area contributed by atoms with Crippen molar-refractivity contribution in [2.24, 2.45) is 0 Å². The van der Waals surface area contributed by atoms with Crippen LogP contribution in [0, 0.1) is 5.82 Å². The highest BCUT2D eigenvalue weighted by molar-refractivity contribution is 5.77. The van der Waals surface area contributed by atoms with E-state index in [-0.39, 0.29) is 30.2 Å². The molecule has 0 radical (unpaired) electrons. The predicted molar refractivity (Wildman–Crippen MR) is 93.5 cm³/mol. The first-order valence-corrected chi connectivity index (χ1v) is 7.97. The van der Waals surface area contributed by atoms with Crippen LogP contribution in [0.3, 0.4) is 0 Å². The van der Waals surface area contributed by atoms with Crippen molar-refractivity contribution in [2.75, 3.05) is 7.05 Å². The summed E-state index contributed by atoms with van der Waals surface area (Å²) >= 11 is 0. The second-order valence-corrected chi connectivity index (χ2v) is 5.89. The van der Waals surface area contributed by atoms with Crippen molar-refractivity contribution in [3.05, 3.63) is 76.6 Å². The van der Waals surface area contributed by atoms with Crippen molar-refractivity contribution < 1.29 is 9.18 Å². The third-order valence-corrected chi connectivity index (χ3v) is 4.03. The van der Waals surface area contributed by atoms with Gasteiger partial charge in [0.25, 0.3) is 5.56 Å². The van der Waals surface area contributed by atoms with E-state index in [9.17, 15) is 14.0 Å². The van der Waals surface area contributed by atoms with Crippen LogP contribution < -0.4 is 5.56 Å². The third kappa shape index (κ3) is 3.91. The molecule has 2 aromatic carbocycles. The van der Waals surface area contributed by atoms with Crippen molar-refractivity contribution in [1.29, 1.82) is 0 Å². The quantitative estimate of drug-likeness (QED) is 0.718. The number of amides is 1. The Bertz CT molecular complexity index is 968. The molecule has 3 rings (SSSR count). The molecule has 25 heavy (non-hydrogen) atoms. The highest BCUT2D eigenvalue weighted by Gasteiger charge is 2.11. The standard InChI is InChI=1S/C19H18FN3O2/c1-22(12-14-5-4-6-15(20)11-14)18(24)9-10-23-13-21-17-8-3-2-7-16(17)19(23)25/h2-8,11,13H,9-10,12H2,1H3. The van der Waals surface area contributed by atoms with Crippen LogP contribution in [0.25, 0.3) is 10.9 Å². The van der Waals surface area contributed by atoms with Crippen LogP contribution in [0.5, 0.6) is 0 Å². The number of carbonyl (C=O) groups is 1. The summed E-state index contributed by atoms with van der Waals surface area (Å²) in [4.78, 5) is 30.4. The molecule has 3 aromatic rings. The van der Waals surface area contributed by atoms with Crippen LogP contribution in [-0.4, -0.2) is 27.4 Å². The van der Waals surface area contributed by atoms with Gasteiger partial charge in [-0.15, -0.1) is 0 Å². The molecule has 0 bridgehead atoms. The van der Waals surface area contributed by atoms with Gasteiger partial charge in [-0.1, -0.05) is 24.3 Å². The molecule has 0 atom stereocenters. The zero-order chi connectivity index (χ0) is 17.8. The minimum Gasteiger partial charge on any atom is -0.341 e. The van der Waals surface area contributed by atoms with E-state index in [1.807, 2.05) is 6.07 Å². The fraction of sp³-hybridized carbons (Fsp3) is 0.211. The van der Waals surface area contributed by atoms with Crippen molar-refractivity contribution >= 4 is 16.8 Å². The van der Waals surface area contributed by atoms with Gasteiger partial charge in [0.1, 0.15) is 5.82 Å². The first kappa shape index (κ1) is 16.8. The van der Waals surface area contributed by atoms with Crippen molar-refractivity contribution in [2.45, 2.75) is 19.5 Å². The fourth-order valence-corrected chi connectivity index (χ4v) is 2.67. The summed E-state index contributed by atoms with van der Waals surface area (Å²) in [6, 6.07) is 13.3. The van der Waals surface area contributed by atoms with E-state index in [4.69, 9.17) is 0 Å². The number of hydrogen-bond donors (Lipinski definition) is 0. The highest BCUT2D eigenvalue weighted by Crippen LogP contribution is 2.08. The van der Waals surface area contributed by atoms with Crippen LogP contribution >= 0.6 is 0 Å². The number of aryl methyl sites for hydroxylation is 1. The average molecular weight is 339 g/mol. The van der Waals surface area contributed by atoms with Gasteiger partial charge < -0.3 is 4.90 Å². The van der Waals surface area contributed by atoms with Gasteiger partial charge in [-0.2, -0.15) is 0 Å². The Labute approximate surface area is 144 Å². The van der Waals surface area contributed by atoms with Crippen LogP contribution in [-0.2, 0) is 17.9 Å². The van der Waals surface area contributed by atoms with E-state index in [1.165, 1.54) is 27.9 Å². The molecule has 0 saturated carbocycles. The number of hydrogen-bond acceptors (Lipinski definition) is 3. The summed E-state index contributed by atoms with van der Waals surface area (Å²) < 4.78 is 14.7. The Balaban J connectivity index is 1.66. The average Bonchev–Trinajstić information content (AvgIpc) is 2.61. The van der Waals surface area contributed by atoms with Gasteiger partial charge in [-0.25, -0.2) is 9.37 Å². The van der Waals surface area contributed by atoms with Gasteiger partial charge in [-0.05, 0) is 29.8 Å². The molecule has 128 valence electrons. The molecule has 0 fully saturated rings. The van der Waals surface area contributed by atoms with Crippen molar-refractivity contribution in [1.82, 2.24) is 14.5 Å². The fourth-order valence-electron chi connectivity index (χ4n) is 2.67. The lowest BCUT2D eigenvalue weighted by Gasteiger charge is -2.17. The lowest BCUT2D eigenvalue weighted by molar-refractivity contribution is -0.130. The van der Waals surface area contributed by atoms with Crippen molar-refractivity contribution in [3.63, 3.8) is 0 Å². The Morgan fingerprint density at radius 2 is 2.00 bits per heavy atom. The van der Waals surface area contributed by atoms with Crippen LogP contribution in [0.1, 0.15) is 12.0 Å². The summed E-state index contributed by atoms with van der Waals surface area (Å²) in [6.07, 6.45) is 1.64. The largest absolute Gasteiger partial charge is 0.341 e. The Morgan fingerprint density at radius 3 is 2.80 bits per heavy atom. The van der Waals surface area contributed by atoms with E-state index >= 15 is 0 Å². The van der Waals surface area contributed by atoms with E-state index in [0.29, 0.717) is 17.4 Å². The lowest BCUT2D eigenvalue weighted by atomic mass is 10.2. The summed E-state index contributed by atoms with van der Waals surface area (Å²) in [5.41, 5.74) is 1.20. The summed E-state index contributed by atoms with van der Waals surface area (Å²) in [7, 11) is 1.66.